The van der Waals surface area contributed by atoms with Gasteiger partial charge in [0.1, 0.15) is 0 Å². The minimum absolute atomic E-state index is 0. The molecule has 3 nitrogen and oxygen atoms in total. The van der Waals surface area contributed by atoms with Crippen LogP contribution < -0.4 is 5.73 Å². The highest BCUT2D eigenvalue weighted by Crippen LogP contribution is 2.36. The molecule has 1 amide bonds. The molecule has 0 saturated carbocycles. The van der Waals surface area contributed by atoms with Crippen LogP contribution in [0.1, 0.15) is 43.9 Å². The van der Waals surface area contributed by atoms with Gasteiger partial charge in [0, 0.05) is 19.0 Å². The number of carbonyl (C=O) groups excluding carboxylic acids is 1. The van der Waals surface area contributed by atoms with Crippen molar-refractivity contribution in [3.63, 3.8) is 0 Å². The predicted molar refractivity (Wildman–Crippen MR) is 89.5 cm³/mol. The minimum atomic E-state index is -0.0896. The normalized spacial score (nSPS) is 23.3. The van der Waals surface area contributed by atoms with E-state index in [0.717, 1.165) is 13.0 Å². The number of nitrogens with two attached hydrogens (primary N) is 1. The molecule has 1 aromatic carbocycles. The zero-order chi connectivity index (χ0) is 14.7. The maximum atomic E-state index is 12.6. The van der Waals surface area contributed by atoms with Gasteiger partial charge in [-0.3, -0.25) is 4.79 Å². The molecule has 21 heavy (non-hydrogen) atoms. The lowest BCUT2D eigenvalue weighted by molar-refractivity contribution is -0.140. The van der Waals surface area contributed by atoms with Crippen LogP contribution in [0.4, 0.5) is 0 Å². The van der Waals surface area contributed by atoms with E-state index >= 15 is 0 Å². The predicted octanol–water partition coefficient (Wildman–Crippen LogP) is 3.31. The van der Waals surface area contributed by atoms with E-state index in [4.69, 9.17) is 5.73 Å². The van der Waals surface area contributed by atoms with E-state index in [1.807, 2.05) is 6.92 Å². The summed E-state index contributed by atoms with van der Waals surface area (Å²) in [5.41, 5.74) is 8.18. The fourth-order valence-electron chi connectivity index (χ4n) is 3.09. The summed E-state index contributed by atoms with van der Waals surface area (Å²) < 4.78 is 0. The third kappa shape index (κ3) is 3.98. The van der Waals surface area contributed by atoms with Gasteiger partial charge < -0.3 is 10.6 Å². The molecule has 1 saturated heterocycles. The van der Waals surface area contributed by atoms with E-state index in [0.29, 0.717) is 12.5 Å². The van der Waals surface area contributed by atoms with Crippen molar-refractivity contribution in [2.45, 2.75) is 39.7 Å². The first-order chi connectivity index (χ1) is 9.54. The van der Waals surface area contributed by atoms with Crippen LogP contribution in [0, 0.1) is 18.8 Å². The summed E-state index contributed by atoms with van der Waals surface area (Å²) in [6.07, 6.45) is 2.27. The number of piperidine rings is 1. The topological polar surface area (TPSA) is 46.3 Å². The average Bonchev–Trinajstić information content (AvgIpc) is 2.46. The summed E-state index contributed by atoms with van der Waals surface area (Å²) in [5, 5.41) is 0. The van der Waals surface area contributed by atoms with E-state index < -0.39 is 0 Å². The van der Waals surface area contributed by atoms with E-state index in [-0.39, 0.29) is 30.3 Å². The Morgan fingerprint density at radius 3 is 2.57 bits per heavy atom. The molecule has 0 aromatic heterocycles. The SMILES string of the molecule is Cc1ccc(C2C(C)CCCN2C(=O)C(C)CN)cc1.Cl. The third-order valence-electron chi connectivity index (χ3n) is 4.41. The minimum Gasteiger partial charge on any atom is -0.335 e. The number of aryl methyl sites for hydroxylation is 1. The Balaban J connectivity index is 0.00000220. The molecule has 3 unspecified atom stereocenters. The van der Waals surface area contributed by atoms with Crippen LogP contribution >= 0.6 is 12.4 Å². The number of nitrogens with zero attached hydrogens (tertiary/aromatic N) is 1. The van der Waals surface area contributed by atoms with Crippen LogP contribution in [0.15, 0.2) is 24.3 Å². The molecule has 1 heterocycles. The fraction of sp³-hybridized carbons (Fsp3) is 0.588. The van der Waals surface area contributed by atoms with E-state index in [1.54, 1.807) is 0 Å². The highest BCUT2D eigenvalue weighted by atomic mass is 35.5. The Labute approximate surface area is 134 Å². The van der Waals surface area contributed by atoms with Crippen LogP contribution in [0.3, 0.4) is 0 Å². The van der Waals surface area contributed by atoms with Gasteiger partial charge in [0.2, 0.25) is 5.91 Å². The molecular weight excluding hydrogens is 284 g/mol. The van der Waals surface area contributed by atoms with Gasteiger partial charge in [0.15, 0.2) is 0 Å². The lowest BCUT2D eigenvalue weighted by atomic mass is 9.85. The highest BCUT2D eigenvalue weighted by Gasteiger charge is 2.34. The molecule has 1 aromatic rings. The quantitative estimate of drug-likeness (QED) is 0.931. The van der Waals surface area contributed by atoms with Gasteiger partial charge in [0.05, 0.1) is 6.04 Å². The monoisotopic (exact) mass is 310 g/mol. The van der Waals surface area contributed by atoms with E-state index in [1.165, 1.54) is 17.5 Å². The second-order valence-corrected chi connectivity index (χ2v) is 6.14. The average molecular weight is 311 g/mol. The maximum Gasteiger partial charge on any atom is 0.227 e. The number of likely N-dealkylation sites (tertiary alicyclic amines) is 1. The summed E-state index contributed by atoms with van der Waals surface area (Å²) in [5.74, 6) is 0.609. The number of benzene rings is 1. The van der Waals surface area contributed by atoms with Crippen molar-refractivity contribution in [2.75, 3.05) is 13.1 Å². The molecule has 1 fully saturated rings. The molecule has 0 bridgehead atoms. The first-order valence-electron chi connectivity index (χ1n) is 7.61. The summed E-state index contributed by atoms with van der Waals surface area (Å²) in [4.78, 5) is 14.6. The lowest BCUT2D eigenvalue weighted by Gasteiger charge is -2.41. The number of carbonyl (C=O) groups is 1. The molecule has 2 rings (SSSR count). The van der Waals surface area contributed by atoms with Crippen molar-refractivity contribution >= 4 is 18.3 Å². The Bertz CT molecular complexity index is 460. The van der Waals surface area contributed by atoms with Crippen LogP contribution in [0.5, 0.6) is 0 Å². The van der Waals surface area contributed by atoms with Gasteiger partial charge in [-0.1, -0.05) is 43.7 Å². The van der Waals surface area contributed by atoms with Crippen molar-refractivity contribution in [1.82, 2.24) is 4.90 Å². The standard InChI is InChI=1S/C17H26N2O.ClH/c1-12-6-8-15(9-7-12)16-13(2)5-4-10-19(16)17(20)14(3)11-18;/h6-9,13-14,16H,4-5,10-11,18H2,1-3H3;1H. The fourth-order valence-corrected chi connectivity index (χ4v) is 3.09. The van der Waals surface area contributed by atoms with Crippen LogP contribution in [0.2, 0.25) is 0 Å². The van der Waals surface area contributed by atoms with E-state index in [9.17, 15) is 4.79 Å². The molecule has 0 radical (unpaired) electrons. The highest BCUT2D eigenvalue weighted by molar-refractivity contribution is 5.85. The molecular formula is C17H27ClN2O. The maximum absolute atomic E-state index is 12.6. The zero-order valence-electron chi connectivity index (χ0n) is 13.2. The number of halogens is 1. The number of hydrogen-bond donors (Lipinski definition) is 1. The summed E-state index contributed by atoms with van der Waals surface area (Å²) in [6, 6.07) is 8.78. The van der Waals surface area contributed by atoms with Crippen molar-refractivity contribution in [2.24, 2.45) is 17.6 Å². The molecule has 2 N–H and O–H groups in total. The second kappa shape index (κ2) is 7.81. The van der Waals surface area contributed by atoms with Crippen LogP contribution in [-0.2, 0) is 4.79 Å². The number of amides is 1. The summed E-state index contributed by atoms with van der Waals surface area (Å²) in [6.45, 7) is 7.54. The molecule has 0 aliphatic carbocycles. The van der Waals surface area contributed by atoms with Crippen molar-refractivity contribution in [3.05, 3.63) is 35.4 Å². The number of rotatable bonds is 3. The summed E-state index contributed by atoms with van der Waals surface area (Å²) >= 11 is 0. The largest absolute Gasteiger partial charge is 0.335 e. The Hall–Kier alpha value is -1.06. The van der Waals surface area contributed by atoms with Gasteiger partial charge >= 0.3 is 0 Å². The van der Waals surface area contributed by atoms with Crippen molar-refractivity contribution in [3.8, 4) is 0 Å². The molecule has 1 aliphatic rings. The lowest BCUT2D eigenvalue weighted by Crippen LogP contribution is -2.45. The molecule has 1 aliphatic heterocycles. The first-order valence-corrected chi connectivity index (χ1v) is 7.61. The Kier molecular flexibility index (Phi) is 6.69. The third-order valence-corrected chi connectivity index (χ3v) is 4.41. The van der Waals surface area contributed by atoms with Gasteiger partial charge in [-0.25, -0.2) is 0 Å². The Morgan fingerprint density at radius 1 is 1.38 bits per heavy atom. The smallest absolute Gasteiger partial charge is 0.227 e. The van der Waals surface area contributed by atoms with Crippen LogP contribution in [-0.4, -0.2) is 23.9 Å². The molecule has 118 valence electrons. The molecule has 4 heteroatoms. The van der Waals surface area contributed by atoms with Gasteiger partial charge in [-0.05, 0) is 31.2 Å². The first kappa shape index (κ1) is 18.0. The van der Waals surface area contributed by atoms with Crippen LogP contribution in [0.25, 0.3) is 0 Å². The zero-order valence-corrected chi connectivity index (χ0v) is 14.0. The van der Waals surface area contributed by atoms with Gasteiger partial charge in [0.25, 0.3) is 0 Å². The Morgan fingerprint density at radius 2 is 2.00 bits per heavy atom. The van der Waals surface area contributed by atoms with Gasteiger partial charge in [-0.15, -0.1) is 12.4 Å². The van der Waals surface area contributed by atoms with Gasteiger partial charge in [-0.2, -0.15) is 0 Å². The van der Waals surface area contributed by atoms with Crippen molar-refractivity contribution in [1.29, 1.82) is 0 Å². The molecule has 0 spiro atoms. The molecule has 3 atom stereocenters. The van der Waals surface area contributed by atoms with E-state index in [2.05, 4.69) is 43.0 Å². The summed E-state index contributed by atoms with van der Waals surface area (Å²) in [7, 11) is 0. The van der Waals surface area contributed by atoms with Crippen molar-refractivity contribution < 1.29 is 4.79 Å². The second-order valence-electron chi connectivity index (χ2n) is 6.14. The number of hydrogen-bond acceptors (Lipinski definition) is 2.